The number of hydrogen-bond donors (Lipinski definition) is 1. The number of H-pyrrole nitrogens is 1. The van der Waals surface area contributed by atoms with Crippen molar-refractivity contribution in [1.82, 2.24) is 9.55 Å². The molecule has 0 fully saturated rings. The Hall–Kier alpha value is -0.530. The maximum absolute atomic E-state index is 13.5. The van der Waals surface area contributed by atoms with Gasteiger partial charge in [0.05, 0.1) is 15.5 Å². The topological polar surface area (TPSA) is 37.8 Å². The zero-order chi connectivity index (χ0) is 14.2. The Bertz CT molecular complexity index is 695. The molecule has 0 spiro atoms. The van der Waals surface area contributed by atoms with Crippen LogP contribution in [-0.4, -0.2) is 25.8 Å². The Morgan fingerprint density at radius 1 is 1.58 bits per heavy atom. The third kappa shape index (κ3) is 3.14. The van der Waals surface area contributed by atoms with Gasteiger partial charge in [0.25, 0.3) is 0 Å². The van der Waals surface area contributed by atoms with Crippen molar-refractivity contribution in [3.8, 4) is 0 Å². The van der Waals surface area contributed by atoms with Crippen LogP contribution in [0.5, 0.6) is 0 Å². The number of rotatable bonds is 4. The SMILES string of the molecule is CC(CCS(C)=O)n1c(=S)[nH]c2cc(F)c(Br)cc21. The van der Waals surface area contributed by atoms with Gasteiger partial charge < -0.3 is 9.55 Å². The predicted molar refractivity (Wildman–Crippen MR) is 83.0 cm³/mol. The lowest BCUT2D eigenvalue weighted by Gasteiger charge is -2.14. The number of aromatic amines is 1. The van der Waals surface area contributed by atoms with E-state index < -0.39 is 10.8 Å². The summed E-state index contributed by atoms with van der Waals surface area (Å²) < 4.78 is 27.6. The van der Waals surface area contributed by atoms with E-state index in [1.54, 1.807) is 12.3 Å². The molecule has 2 unspecified atom stereocenters. The fourth-order valence-electron chi connectivity index (χ4n) is 2.02. The molecule has 1 aromatic heterocycles. The summed E-state index contributed by atoms with van der Waals surface area (Å²) in [5.74, 6) is 0.302. The van der Waals surface area contributed by atoms with Crippen LogP contribution < -0.4 is 0 Å². The lowest BCUT2D eigenvalue weighted by molar-refractivity contribution is 0.539. The molecule has 0 radical (unpaired) electrons. The Kier molecular flexibility index (Phi) is 4.58. The van der Waals surface area contributed by atoms with E-state index in [1.807, 2.05) is 11.5 Å². The number of nitrogens with one attached hydrogen (secondary N) is 1. The van der Waals surface area contributed by atoms with Gasteiger partial charge in [0, 0.05) is 34.9 Å². The van der Waals surface area contributed by atoms with Gasteiger partial charge in [-0.25, -0.2) is 4.39 Å². The molecule has 0 saturated carbocycles. The largest absolute Gasteiger partial charge is 0.330 e. The third-order valence-electron chi connectivity index (χ3n) is 3.02. The summed E-state index contributed by atoms with van der Waals surface area (Å²) in [6.07, 6.45) is 2.45. The summed E-state index contributed by atoms with van der Waals surface area (Å²) in [6.45, 7) is 2.02. The lowest BCUT2D eigenvalue weighted by Crippen LogP contribution is -2.09. The maximum atomic E-state index is 13.5. The van der Waals surface area contributed by atoms with Crippen molar-refractivity contribution in [3.05, 3.63) is 27.2 Å². The van der Waals surface area contributed by atoms with Crippen molar-refractivity contribution in [1.29, 1.82) is 0 Å². The standard InChI is InChI=1S/C12H14BrFN2OS2/c1-7(3-4-19(2)17)16-11-5-8(13)9(14)6-10(11)15-12(16)18/h5-7H,3-4H2,1-2H3,(H,15,18). The van der Waals surface area contributed by atoms with Crippen LogP contribution in [0.2, 0.25) is 0 Å². The van der Waals surface area contributed by atoms with E-state index in [9.17, 15) is 8.60 Å². The molecule has 2 atom stereocenters. The number of aromatic nitrogens is 2. The van der Waals surface area contributed by atoms with Crippen LogP contribution in [0.4, 0.5) is 4.39 Å². The zero-order valence-electron chi connectivity index (χ0n) is 10.6. The van der Waals surface area contributed by atoms with Crippen LogP contribution in [-0.2, 0) is 10.8 Å². The van der Waals surface area contributed by atoms with Gasteiger partial charge in [-0.1, -0.05) is 0 Å². The van der Waals surface area contributed by atoms with E-state index >= 15 is 0 Å². The second-order valence-corrected chi connectivity index (χ2v) is 7.29. The van der Waals surface area contributed by atoms with Crippen molar-refractivity contribution in [2.45, 2.75) is 19.4 Å². The molecule has 104 valence electrons. The van der Waals surface area contributed by atoms with E-state index in [1.165, 1.54) is 6.07 Å². The van der Waals surface area contributed by atoms with Crippen molar-refractivity contribution in [2.24, 2.45) is 0 Å². The van der Waals surface area contributed by atoms with Crippen LogP contribution in [0.3, 0.4) is 0 Å². The van der Waals surface area contributed by atoms with Gasteiger partial charge in [-0.2, -0.15) is 0 Å². The van der Waals surface area contributed by atoms with E-state index in [0.717, 1.165) is 11.9 Å². The Balaban J connectivity index is 2.47. The molecule has 3 nitrogen and oxygen atoms in total. The second kappa shape index (κ2) is 5.85. The van der Waals surface area contributed by atoms with Gasteiger partial charge >= 0.3 is 0 Å². The van der Waals surface area contributed by atoms with Gasteiger partial charge in [0.2, 0.25) is 0 Å². The first kappa shape index (κ1) is 14.9. The van der Waals surface area contributed by atoms with Crippen molar-refractivity contribution in [2.75, 3.05) is 12.0 Å². The molecule has 1 aromatic carbocycles. The zero-order valence-corrected chi connectivity index (χ0v) is 13.8. The van der Waals surface area contributed by atoms with Gasteiger partial charge in [-0.05, 0) is 47.6 Å². The smallest absolute Gasteiger partial charge is 0.178 e. The minimum Gasteiger partial charge on any atom is -0.330 e. The minimum atomic E-state index is -0.823. The highest BCUT2D eigenvalue weighted by Gasteiger charge is 2.13. The van der Waals surface area contributed by atoms with Crippen LogP contribution in [0.25, 0.3) is 11.0 Å². The molecule has 0 aliphatic heterocycles. The molecule has 0 aliphatic carbocycles. The van der Waals surface area contributed by atoms with Crippen LogP contribution in [0, 0.1) is 10.6 Å². The highest BCUT2D eigenvalue weighted by atomic mass is 79.9. The molecule has 1 N–H and O–H groups in total. The fraction of sp³-hybridized carbons (Fsp3) is 0.417. The molecule has 2 rings (SSSR count). The fourth-order valence-corrected chi connectivity index (χ4v) is 3.42. The number of fused-ring (bicyclic) bond motifs is 1. The summed E-state index contributed by atoms with van der Waals surface area (Å²) in [4.78, 5) is 3.00. The highest BCUT2D eigenvalue weighted by molar-refractivity contribution is 9.10. The Morgan fingerprint density at radius 3 is 2.89 bits per heavy atom. The van der Waals surface area contributed by atoms with Gasteiger partial charge in [-0.15, -0.1) is 0 Å². The number of imidazole rings is 1. The number of hydrogen-bond acceptors (Lipinski definition) is 2. The molecule has 0 aliphatic rings. The van der Waals surface area contributed by atoms with Crippen molar-refractivity contribution >= 4 is 50.0 Å². The van der Waals surface area contributed by atoms with Crippen LogP contribution >= 0.6 is 28.1 Å². The number of halogens is 2. The molecule has 19 heavy (non-hydrogen) atoms. The summed E-state index contributed by atoms with van der Waals surface area (Å²) in [5, 5.41) is 0. The highest BCUT2D eigenvalue weighted by Crippen LogP contribution is 2.26. The molecular weight excluding hydrogens is 351 g/mol. The van der Waals surface area contributed by atoms with E-state index in [2.05, 4.69) is 20.9 Å². The van der Waals surface area contributed by atoms with E-state index in [-0.39, 0.29) is 11.9 Å². The second-order valence-electron chi connectivity index (χ2n) is 4.50. The molecule has 2 aromatic rings. The van der Waals surface area contributed by atoms with Gasteiger partial charge in [0.15, 0.2) is 4.77 Å². The van der Waals surface area contributed by atoms with E-state index in [0.29, 0.717) is 20.5 Å². The van der Waals surface area contributed by atoms with Gasteiger partial charge in [-0.3, -0.25) is 4.21 Å². The molecule has 1 heterocycles. The average molecular weight is 365 g/mol. The molecular formula is C12H14BrFN2OS2. The Morgan fingerprint density at radius 2 is 2.26 bits per heavy atom. The quantitative estimate of drug-likeness (QED) is 0.834. The maximum Gasteiger partial charge on any atom is 0.178 e. The third-order valence-corrected chi connectivity index (χ3v) is 4.74. The number of benzene rings is 1. The monoisotopic (exact) mass is 364 g/mol. The number of nitrogens with zero attached hydrogens (tertiary/aromatic N) is 1. The minimum absolute atomic E-state index is 0.113. The van der Waals surface area contributed by atoms with Crippen LogP contribution in [0.1, 0.15) is 19.4 Å². The normalized spacial score (nSPS) is 14.7. The average Bonchev–Trinajstić information content (AvgIpc) is 2.62. The van der Waals surface area contributed by atoms with E-state index in [4.69, 9.17) is 12.2 Å². The van der Waals surface area contributed by atoms with Crippen molar-refractivity contribution in [3.63, 3.8) is 0 Å². The van der Waals surface area contributed by atoms with Crippen molar-refractivity contribution < 1.29 is 8.60 Å². The first-order valence-electron chi connectivity index (χ1n) is 5.79. The predicted octanol–water partition coefficient (Wildman–Crippen LogP) is 3.93. The molecule has 0 bridgehead atoms. The summed E-state index contributed by atoms with van der Waals surface area (Å²) in [5.41, 5.74) is 1.53. The summed E-state index contributed by atoms with van der Waals surface area (Å²) in [6, 6.07) is 3.26. The molecule has 7 heteroatoms. The summed E-state index contributed by atoms with van der Waals surface area (Å²) >= 11 is 8.48. The lowest BCUT2D eigenvalue weighted by atomic mass is 10.2. The van der Waals surface area contributed by atoms with Crippen LogP contribution in [0.15, 0.2) is 16.6 Å². The Labute approximate surface area is 126 Å². The summed E-state index contributed by atoms with van der Waals surface area (Å²) in [7, 11) is -0.823. The van der Waals surface area contributed by atoms with Gasteiger partial charge in [0.1, 0.15) is 5.82 Å². The molecule has 0 saturated heterocycles. The first-order chi connectivity index (χ1) is 8.90. The first-order valence-corrected chi connectivity index (χ1v) is 8.72. The molecule has 0 amide bonds.